The Hall–Kier alpha value is -1.64. The van der Waals surface area contributed by atoms with Crippen molar-refractivity contribution in [3.63, 3.8) is 0 Å². The molecule has 0 saturated carbocycles. The fourth-order valence-corrected chi connectivity index (χ4v) is 1.79. The van der Waals surface area contributed by atoms with E-state index in [2.05, 4.69) is 4.98 Å². The number of nitrogens with zero attached hydrogens (tertiary/aromatic N) is 1. The molecule has 1 aromatic rings. The van der Waals surface area contributed by atoms with E-state index in [9.17, 15) is 4.79 Å². The van der Waals surface area contributed by atoms with E-state index in [0.29, 0.717) is 18.1 Å². The fraction of sp³-hybridized carbons (Fsp3) is 0.385. The Morgan fingerprint density at radius 1 is 1.44 bits per heavy atom. The van der Waals surface area contributed by atoms with E-state index in [0.717, 1.165) is 24.0 Å². The Labute approximate surface area is 95.2 Å². The molecule has 3 heteroatoms. The largest absolute Gasteiger partial charge is 0.490 e. The summed E-state index contributed by atoms with van der Waals surface area (Å²) in [6.45, 7) is 4.49. The maximum absolute atomic E-state index is 12.1. The van der Waals surface area contributed by atoms with Crippen molar-refractivity contribution in [1.82, 2.24) is 4.98 Å². The first-order valence-electron chi connectivity index (χ1n) is 5.49. The van der Waals surface area contributed by atoms with Gasteiger partial charge < -0.3 is 4.74 Å². The van der Waals surface area contributed by atoms with Gasteiger partial charge >= 0.3 is 0 Å². The zero-order chi connectivity index (χ0) is 11.5. The summed E-state index contributed by atoms with van der Waals surface area (Å²) in [5.41, 5.74) is 2.46. The molecule has 0 spiro atoms. The highest BCUT2D eigenvalue weighted by atomic mass is 16.5. The summed E-state index contributed by atoms with van der Waals surface area (Å²) in [4.78, 5) is 16.3. The van der Waals surface area contributed by atoms with Gasteiger partial charge in [-0.05, 0) is 43.9 Å². The minimum Gasteiger partial charge on any atom is -0.490 e. The Morgan fingerprint density at radius 2 is 2.25 bits per heavy atom. The minimum absolute atomic E-state index is 0.0998. The summed E-state index contributed by atoms with van der Waals surface area (Å²) >= 11 is 0. The van der Waals surface area contributed by atoms with Gasteiger partial charge in [-0.2, -0.15) is 0 Å². The molecule has 0 aliphatic carbocycles. The molecule has 1 aromatic heterocycles. The number of rotatable bonds is 2. The van der Waals surface area contributed by atoms with Crippen LogP contribution in [0.25, 0.3) is 0 Å². The zero-order valence-corrected chi connectivity index (χ0v) is 9.62. The summed E-state index contributed by atoms with van der Waals surface area (Å²) in [5.74, 6) is 0.350. The van der Waals surface area contributed by atoms with Crippen molar-refractivity contribution >= 4 is 5.78 Å². The number of hydrogen-bond acceptors (Lipinski definition) is 3. The summed E-state index contributed by atoms with van der Waals surface area (Å²) in [5, 5.41) is 0. The van der Waals surface area contributed by atoms with Gasteiger partial charge in [0.05, 0.1) is 6.61 Å². The third-order valence-electron chi connectivity index (χ3n) is 2.59. The average Bonchev–Trinajstić information content (AvgIpc) is 2.29. The number of aromatic nitrogens is 1. The summed E-state index contributed by atoms with van der Waals surface area (Å²) in [7, 11) is 0. The van der Waals surface area contributed by atoms with Crippen LogP contribution in [0.3, 0.4) is 0 Å². The Kier molecular flexibility index (Phi) is 3.04. The first-order valence-corrected chi connectivity index (χ1v) is 5.49. The lowest BCUT2D eigenvalue weighted by molar-refractivity contribution is 0.0893. The van der Waals surface area contributed by atoms with E-state index in [4.69, 9.17) is 4.74 Å². The second-order valence-electron chi connectivity index (χ2n) is 4.07. The topological polar surface area (TPSA) is 39.2 Å². The Morgan fingerprint density at radius 3 is 2.88 bits per heavy atom. The van der Waals surface area contributed by atoms with E-state index in [1.165, 1.54) is 0 Å². The molecule has 0 aromatic carbocycles. The maximum Gasteiger partial charge on any atom is 0.245 e. The van der Waals surface area contributed by atoms with Gasteiger partial charge in [0.25, 0.3) is 0 Å². The molecule has 0 atom stereocenters. The molecule has 0 radical (unpaired) electrons. The quantitative estimate of drug-likeness (QED) is 0.715. The van der Waals surface area contributed by atoms with Crippen LogP contribution in [0.5, 0.6) is 0 Å². The number of aryl methyl sites for hydroxylation is 2. The number of carbonyl (C=O) groups excluding carboxylic acids is 1. The molecule has 0 N–H and O–H groups in total. The van der Waals surface area contributed by atoms with Crippen LogP contribution in [-0.2, 0) is 4.74 Å². The molecular weight excluding hydrogens is 202 g/mol. The van der Waals surface area contributed by atoms with Crippen LogP contribution in [0.4, 0.5) is 0 Å². The third-order valence-corrected chi connectivity index (χ3v) is 2.59. The van der Waals surface area contributed by atoms with Crippen LogP contribution in [-0.4, -0.2) is 17.4 Å². The van der Waals surface area contributed by atoms with Gasteiger partial charge in [0.2, 0.25) is 5.78 Å². The van der Waals surface area contributed by atoms with Crippen LogP contribution >= 0.6 is 0 Å². The van der Waals surface area contributed by atoms with Crippen molar-refractivity contribution in [3.8, 4) is 0 Å². The fourth-order valence-electron chi connectivity index (χ4n) is 1.79. The van der Waals surface area contributed by atoms with Crippen LogP contribution in [0, 0.1) is 13.8 Å². The number of Topliss-reactive ketones (excluding diaryl/α,β-unsaturated/α-hetero) is 1. The van der Waals surface area contributed by atoms with Crippen LogP contribution in [0.15, 0.2) is 24.1 Å². The molecule has 0 bridgehead atoms. The lowest BCUT2D eigenvalue weighted by Gasteiger charge is -2.14. The lowest BCUT2D eigenvalue weighted by atomic mass is 10.1. The van der Waals surface area contributed by atoms with Gasteiger partial charge in [0.15, 0.2) is 5.76 Å². The molecule has 0 saturated heterocycles. The molecule has 1 aliphatic rings. The monoisotopic (exact) mass is 217 g/mol. The summed E-state index contributed by atoms with van der Waals surface area (Å²) < 4.78 is 5.35. The number of ketones is 1. The molecule has 0 unspecified atom stereocenters. The molecule has 16 heavy (non-hydrogen) atoms. The van der Waals surface area contributed by atoms with E-state index in [-0.39, 0.29) is 5.78 Å². The SMILES string of the molecule is Cc1cnc(C(=O)C2=CCCCO2)c(C)c1. The zero-order valence-electron chi connectivity index (χ0n) is 9.62. The first-order chi connectivity index (χ1) is 7.68. The van der Waals surface area contributed by atoms with Crippen molar-refractivity contribution in [2.75, 3.05) is 6.61 Å². The average molecular weight is 217 g/mol. The summed E-state index contributed by atoms with van der Waals surface area (Å²) in [6.07, 6.45) is 5.46. The van der Waals surface area contributed by atoms with Crippen molar-refractivity contribution in [2.45, 2.75) is 26.7 Å². The normalized spacial score (nSPS) is 15.2. The highest BCUT2D eigenvalue weighted by Crippen LogP contribution is 2.17. The predicted octanol–water partition coefficient (Wildman–Crippen LogP) is 2.58. The maximum atomic E-state index is 12.1. The van der Waals surface area contributed by atoms with Gasteiger partial charge in [-0.3, -0.25) is 9.78 Å². The molecule has 0 fully saturated rings. The van der Waals surface area contributed by atoms with Gasteiger partial charge in [0.1, 0.15) is 5.69 Å². The van der Waals surface area contributed by atoms with Gasteiger partial charge in [-0.25, -0.2) is 0 Å². The van der Waals surface area contributed by atoms with Gasteiger partial charge in [-0.1, -0.05) is 6.07 Å². The molecule has 84 valence electrons. The van der Waals surface area contributed by atoms with Crippen molar-refractivity contribution in [3.05, 3.63) is 40.9 Å². The molecule has 1 aliphatic heterocycles. The van der Waals surface area contributed by atoms with Crippen molar-refractivity contribution in [1.29, 1.82) is 0 Å². The predicted molar refractivity (Wildman–Crippen MR) is 61.3 cm³/mol. The lowest BCUT2D eigenvalue weighted by Crippen LogP contribution is -2.14. The highest BCUT2D eigenvalue weighted by molar-refractivity contribution is 6.06. The minimum atomic E-state index is -0.0998. The van der Waals surface area contributed by atoms with Crippen LogP contribution in [0.1, 0.15) is 34.5 Å². The number of allylic oxidation sites excluding steroid dienone is 2. The molecule has 2 rings (SSSR count). The molecule has 2 heterocycles. The number of ether oxygens (including phenoxy) is 1. The van der Waals surface area contributed by atoms with Gasteiger partial charge in [-0.15, -0.1) is 0 Å². The summed E-state index contributed by atoms with van der Waals surface area (Å²) in [6, 6.07) is 1.96. The van der Waals surface area contributed by atoms with Crippen molar-refractivity contribution < 1.29 is 9.53 Å². The number of hydrogen-bond donors (Lipinski definition) is 0. The van der Waals surface area contributed by atoms with E-state index in [1.807, 2.05) is 26.0 Å². The van der Waals surface area contributed by atoms with E-state index < -0.39 is 0 Å². The van der Waals surface area contributed by atoms with Crippen molar-refractivity contribution in [2.24, 2.45) is 0 Å². The van der Waals surface area contributed by atoms with E-state index >= 15 is 0 Å². The second-order valence-corrected chi connectivity index (χ2v) is 4.07. The molecule has 0 amide bonds. The second kappa shape index (κ2) is 4.47. The third kappa shape index (κ3) is 2.13. The van der Waals surface area contributed by atoms with Crippen LogP contribution in [0.2, 0.25) is 0 Å². The van der Waals surface area contributed by atoms with Crippen LogP contribution < -0.4 is 0 Å². The number of pyridine rings is 1. The molecular formula is C13H15NO2. The highest BCUT2D eigenvalue weighted by Gasteiger charge is 2.19. The van der Waals surface area contributed by atoms with E-state index in [1.54, 1.807) is 6.20 Å². The number of carbonyl (C=O) groups is 1. The standard InChI is InChI=1S/C13H15NO2/c1-9-7-10(2)12(14-8-9)13(15)11-5-3-4-6-16-11/h5,7-8H,3-4,6H2,1-2H3. The Bertz CT molecular complexity index is 449. The smallest absolute Gasteiger partial charge is 0.245 e. The molecule has 3 nitrogen and oxygen atoms in total. The first kappa shape index (κ1) is 10.9. The van der Waals surface area contributed by atoms with Gasteiger partial charge in [0, 0.05) is 6.20 Å². The Balaban J connectivity index is 2.30.